The van der Waals surface area contributed by atoms with Crippen molar-refractivity contribution in [1.82, 2.24) is 0 Å². The molecule has 1 aromatic rings. The van der Waals surface area contributed by atoms with Crippen molar-refractivity contribution in [2.75, 3.05) is 4.43 Å². The molecule has 4 nitrogen and oxygen atoms in total. The van der Waals surface area contributed by atoms with Crippen LogP contribution in [0.4, 0.5) is 5.69 Å². The highest BCUT2D eigenvalue weighted by Gasteiger charge is 2.03. The van der Waals surface area contributed by atoms with Gasteiger partial charge in [0.15, 0.2) is 5.78 Å². The van der Waals surface area contributed by atoms with Crippen molar-refractivity contribution in [3.63, 3.8) is 0 Å². The van der Waals surface area contributed by atoms with E-state index in [1.807, 2.05) is 22.6 Å². The standard InChI is InChI=1S/C10H8INO3/c11-7-10(13)5-4-8-2-1-3-9(6-8)12(14)15/h1-6H,7H2/b5-4+. The first kappa shape index (κ1) is 11.8. The summed E-state index contributed by atoms with van der Waals surface area (Å²) >= 11 is 1.96. The van der Waals surface area contributed by atoms with Gasteiger partial charge in [-0.15, -0.1) is 0 Å². The number of nitro benzene ring substituents is 1. The summed E-state index contributed by atoms with van der Waals surface area (Å²) in [6.07, 6.45) is 3.00. The van der Waals surface area contributed by atoms with Crippen LogP contribution in [0, 0.1) is 10.1 Å². The maximum absolute atomic E-state index is 11.0. The molecule has 1 rings (SSSR count). The molecule has 0 aliphatic rings. The van der Waals surface area contributed by atoms with Crippen LogP contribution < -0.4 is 0 Å². The van der Waals surface area contributed by atoms with Gasteiger partial charge >= 0.3 is 0 Å². The third-order valence-electron chi connectivity index (χ3n) is 1.67. The van der Waals surface area contributed by atoms with Crippen molar-refractivity contribution in [2.24, 2.45) is 0 Å². The molecule has 0 fully saturated rings. The van der Waals surface area contributed by atoms with Gasteiger partial charge in [-0.2, -0.15) is 0 Å². The Morgan fingerprint density at radius 3 is 2.87 bits per heavy atom. The summed E-state index contributed by atoms with van der Waals surface area (Å²) in [6.45, 7) is 0. The number of halogens is 1. The number of benzene rings is 1. The molecule has 0 aromatic heterocycles. The van der Waals surface area contributed by atoms with E-state index in [0.717, 1.165) is 0 Å². The zero-order valence-corrected chi connectivity index (χ0v) is 9.88. The summed E-state index contributed by atoms with van der Waals surface area (Å²) in [4.78, 5) is 21.0. The zero-order chi connectivity index (χ0) is 11.3. The third kappa shape index (κ3) is 3.78. The Morgan fingerprint density at radius 1 is 1.53 bits per heavy atom. The van der Waals surface area contributed by atoms with Gasteiger partial charge in [0.2, 0.25) is 0 Å². The maximum Gasteiger partial charge on any atom is 0.270 e. The fraction of sp³-hybridized carbons (Fsp3) is 0.100. The summed E-state index contributed by atoms with van der Waals surface area (Å²) in [5.74, 6) is -0.0119. The molecule has 0 saturated carbocycles. The quantitative estimate of drug-likeness (QED) is 0.282. The Hall–Kier alpha value is -1.24. The number of hydrogen-bond donors (Lipinski definition) is 0. The van der Waals surface area contributed by atoms with E-state index in [1.165, 1.54) is 18.2 Å². The smallest absolute Gasteiger partial charge is 0.270 e. The average molecular weight is 317 g/mol. The topological polar surface area (TPSA) is 60.2 Å². The highest BCUT2D eigenvalue weighted by atomic mass is 127. The number of rotatable bonds is 4. The van der Waals surface area contributed by atoms with Gasteiger partial charge in [-0.25, -0.2) is 0 Å². The lowest BCUT2D eigenvalue weighted by atomic mass is 10.2. The lowest BCUT2D eigenvalue weighted by Gasteiger charge is -1.93. The van der Waals surface area contributed by atoms with Crippen LogP contribution in [0.5, 0.6) is 0 Å². The number of carbonyl (C=O) groups is 1. The molecule has 0 spiro atoms. The van der Waals surface area contributed by atoms with Crippen molar-refractivity contribution in [1.29, 1.82) is 0 Å². The van der Waals surface area contributed by atoms with Crippen LogP contribution in [-0.4, -0.2) is 15.1 Å². The van der Waals surface area contributed by atoms with E-state index in [-0.39, 0.29) is 11.5 Å². The second kappa shape index (κ2) is 5.59. The molecule has 0 radical (unpaired) electrons. The molecule has 0 amide bonds. The summed E-state index contributed by atoms with van der Waals surface area (Å²) in [5, 5.41) is 10.5. The van der Waals surface area contributed by atoms with E-state index >= 15 is 0 Å². The van der Waals surface area contributed by atoms with Crippen molar-refractivity contribution < 1.29 is 9.72 Å². The Morgan fingerprint density at radius 2 is 2.27 bits per heavy atom. The Labute approximate surface area is 100 Å². The summed E-state index contributed by atoms with van der Waals surface area (Å²) in [5.41, 5.74) is 0.682. The van der Waals surface area contributed by atoms with Gasteiger partial charge in [0.05, 0.1) is 9.35 Å². The van der Waals surface area contributed by atoms with E-state index in [0.29, 0.717) is 9.99 Å². The zero-order valence-electron chi connectivity index (χ0n) is 7.72. The van der Waals surface area contributed by atoms with Crippen LogP contribution in [0.3, 0.4) is 0 Å². The van der Waals surface area contributed by atoms with Crippen LogP contribution in [0.25, 0.3) is 6.08 Å². The first-order valence-electron chi connectivity index (χ1n) is 4.15. The fourth-order valence-electron chi connectivity index (χ4n) is 0.976. The predicted molar refractivity (Wildman–Crippen MR) is 66.0 cm³/mol. The number of non-ortho nitro benzene ring substituents is 1. The lowest BCUT2D eigenvalue weighted by molar-refractivity contribution is -0.384. The van der Waals surface area contributed by atoms with Crippen LogP contribution in [0.2, 0.25) is 0 Å². The molecule has 5 heteroatoms. The number of nitrogens with zero attached hydrogens (tertiary/aromatic N) is 1. The van der Waals surface area contributed by atoms with Crippen molar-refractivity contribution in [3.8, 4) is 0 Å². The van der Waals surface area contributed by atoms with Crippen LogP contribution in [0.15, 0.2) is 30.3 Å². The van der Waals surface area contributed by atoms with Crippen LogP contribution >= 0.6 is 22.6 Å². The molecule has 0 aliphatic carbocycles. The average Bonchev–Trinajstić information content (AvgIpc) is 2.26. The van der Waals surface area contributed by atoms with E-state index in [2.05, 4.69) is 0 Å². The van der Waals surface area contributed by atoms with E-state index < -0.39 is 4.92 Å². The molecule has 0 aliphatic heterocycles. The molecule has 0 heterocycles. The molecule has 0 N–H and O–H groups in total. The number of ketones is 1. The Bertz CT molecular complexity index is 415. The maximum atomic E-state index is 11.0. The Kier molecular flexibility index (Phi) is 4.41. The second-order valence-electron chi connectivity index (χ2n) is 2.79. The monoisotopic (exact) mass is 317 g/mol. The molecule has 78 valence electrons. The fourth-order valence-corrected chi connectivity index (χ4v) is 1.23. The molecule has 0 atom stereocenters. The lowest BCUT2D eigenvalue weighted by Crippen LogP contribution is -1.91. The number of nitro groups is 1. The molecular formula is C10H8INO3. The largest absolute Gasteiger partial charge is 0.294 e. The molecule has 15 heavy (non-hydrogen) atoms. The first-order valence-corrected chi connectivity index (χ1v) is 5.67. The SMILES string of the molecule is O=C(/C=C/c1cccc([N+](=O)[O-])c1)CI. The van der Waals surface area contributed by atoms with Crippen molar-refractivity contribution >= 4 is 40.1 Å². The number of hydrogen-bond acceptors (Lipinski definition) is 3. The molecule has 1 aromatic carbocycles. The minimum Gasteiger partial charge on any atom is -0.294 e. The minimum atomic E-state index is -0.461. The normalized spacial score (nSPS) is 10.5. The molecule has 0 saturated heterocycles. The minimum absolute atomic E-state index is 0.0119. The molecule has 0 unspecified atom stereocenters. The van der Waals surface area contributed by atoms with Gasteiger partial charge in [-0.05, 0) is 11.6 Å². The number of alkyl halides is 1. The van der Waals surface area contributed by atoms with Gasteiger partial charge in [-0.1, -0.05) is 40.8 Å². The molecular weight excluding hydrogens is 309 g/mol. The summed E-state index contributed by atoms with van der Waals surface area (Å²) in [7, 11) is 0. The van der Waals surface area contributed by atoms with Gasteiger partial charge in [0, 0.05) is 12.1 Å². The van der Waals surface area contributed by atoms with Crippen molar-refractivity contribution in [2.45, 2.75) is 0 Å². The second-order valence-corrected chi connectivity index (χ2v) is 3.55. The third-order valence-corrected chi connectivity index (χ3v) is 2.43. The summed E-state index contributed by atoms with van der Waals surface area (Å²) in [6, 6.07) is 6.14. The summed E-state index contributed by atoms with van der Waals surface area (Å²) < 4.78 is 0.406. The van der Waals surface area contributed by atoms with Gasteiger partial charge in [0.1, 0.15) is 0 Å². The molecule has 0 bridgehead atoms. The van der Waals surface area contributed by atoms with Crippen LogP contribution in [0.1, 0.15) is 5.56 Å². The number of allylic oxidation sites excluding steroid dienone is 1. The van der Waals surface area contributed by atoms with Gasteiger partial charge in [0.25, 0.3) is 5.69 Å². The van der Waals surface area contributed by atoms with E-state index in [9.17, 15) is 14.9 Å². The first-order chi connectivity index (χ1) is 7.13. The van der Waals surface area contributed by atoms with Crippen LogP contribution in [-0.2, 0) is 4.79 Å². The predicted octanol–water partition coefficient (Wildman–Crippen LogP) is 2.61. The van der Waals surface area contributed by atoms with E-state index in [4.69, 9.17) is 0 Å². The van der Waals surface area contributed by atoms with Crippen molar-refractivity contribution in [3.05, 3.63) is 46.0 Å². The Balaban J connectivity index is 2.87. The highest BCUT2D eigenvalue weighted by Crippen LogP contribution is 2.14. The van der Waals surface area contributed by atoms with Gasteiger partial charge in [-0.3, -0.25) is 14.9 Å². The van der Waals surface area contributed by atoms with E-state index in [1.54, 1.807) is 18.2 Å². The van der Waals surface area contributed by atoms with Gasteiger partial charge < -0.3 is 0 Å². The highest BCUT2D eigenvalue weighted by molar-refractivity contribution is 14.1. The number of carbonyl (C=O) groups excluding carboxylic acids is 1.